The zero-order chi connectivity index (χ0) is 27.8. The van der Waals surface area contributed by atoms with Crippen LogP contribution in [0.5, 0.6) is 5.75 Å². The second-order valence-electron chi connectivity index (χ2n) is 10.7. The number of phenols is 1. The fourth-order valence-electron chi connectivity index (χ4n) is 6.84. The smallest absolute Gasteiger partial charge is 0.235 e. The molecule has 0 bridgehead atoms. The van der Waals surface area contributed by atoms with Gasteiger partial charge in [-0.25, -0.2) is 0 Å². The molecule has 5 rings (SSSR count). The molecular formula is C28H28N2O8. The number of hydrogen-bond donors (Lipinski definition) is 4. The number of phenolic OH excluding ortho intramolecular Hbond substituents is 1. The van der Waals surface area contributed by atoms with Gasteiger partial charge in [-0.15, -0.1) is 0 Å². The van der Waals surface area contributed by atoms with Crippen molar-refractivity contribution in [2.24, 2.45) is 29.4 Å². The molecule has 0 radical (unpaired) electrons. The topological polar surface area (TPSA) is 175 Å². The first-order chi connectivity index (χ1) is 17.8. The predicted molar refractivity (Wildman–Crippen MR) is 133 cm³/mol. The molecule has 0 saturated heterocycles. The van der Waals surface area contributed by atoms with Gasteiger partial charge in [0.1, 0.15) is 5.75 Å². The average molecular weight is 521 g/mol. The van der Waals surface area contributed by atoms with Crippen molar-refractivity contribution < 1.29 is 39.3 Å². The number of ketones is 4. The molecule has 5 N–H and O–H groups in total. The van der Waals surface area contributed by atoms with Crippen LogP contribution in [0.2, 0.25) is 0 Å². The molecule has 10 nitrogen and oxygen atoms in total. The summed E-state index contributed by atoms with van der Waals surface area (Å²) in [6.07, 6.45) is -1.65. The molecule has 0 heterocycles. The van der Waals surface area contributed by atoms with E-state index >= 15 is 0 Å². The zero-order valence-corrected chi connectivity index (χ0v) is 21.0. The van der Waals surface area contributed by atoms with Gasteiger partial charge in [0, 0.05) is 11.5 Å². The number of primary amides is 1. The summed E-state index contributed by atoms with van der Waals surface area (Å²) in [5.74, 6) is -13.3. The van der Waals surface area contributed by atoms with E-state index < -0.39 is 76.4 Å². The Morgan fingerprint density at radius 3 is 2.21 bits per heavy atom. The van der Waals surface area contributed by atoms with Gasteiger partial charge in [-0.1, -0.05) is 49.4 Å². The summed E-state index contributed by atoms with van der Waals surface area (Å²) >= 11 is 0. The van der Waals surface area contributed by atoms with Crippen LogP contribution in [0.4, 0.5) is 0 Å². The summed E-state index contributed by atoms with van der Waals surface area (Å²) in [6, 6.07) is 10.7. The number of Topliss-reactive ketones (excluding diaryl/α,β-unsaturated/α-hetero) is 4. The second-order valence-corrected chi connectivity index (χ2v) is 10.7. The standard InChI is InChI=1S/C28H28N2O8/c1-11-13-9-10-14(12-7-5-4-6-8-12)21(31)16(13)22(32)17-15(11)23(33)19-20(30(2)3)24(34)18(27(29)37)26(36)28(19,38)25(17)35/h4-11,15,17-20,23,31,33,38H,1-3H3,(H2,29,37). The number of aliphatic hydroxyl groups excluding tert-OH is 1. The Morgan fingerprint density at radius 2 is 1.63 bits per heavy atom. The Bertz CT molecular complexity index is 1400. The number of nitrogens with two attached hydrogens (primary N) is 1. The summed E-state index contributed by atoms with van der Waals surface area (Å²) in [4.78, 5) is 67.9. The van der Waals surface area contributed by atoms with E-state index in [1.807, 2.05) is 0 Å². The number of carbonyl (C=O) groups excluding carboxylic acids is 5. The summed E-state index contributed by atoms with van der Waals surface area (Å²) < 4.78 is 0. The van der Waals surface area contributed by atoms with E-state index in [1.54, 1.807) is 49.4 Å². The largest absolute Gasteiger partial charge is 0.507 e. The predicted octanol–water partition coefficient (Wildman–Crippen LogP) is 0.0658. The van der Waals surface area contributed by atoms with Crippen LogP contribution in [0.25, 0.3) is 11.1 Å². The van der Waals surface area contributed by atoms with Crippen molar-refractivity contribution >= 4 is 29.0 Å². The summed E-state index contributed by atoms with van der Waals surface area (Å²) in [5.41, 5.74) is 3.56. The fraction of sp³-hybridized carbons (Fsp3) is 0.393. The highest BCUT2D eigenvalue weighted by atomic mass is 16.3. The summed E-state index contributed by atoms with van der Waals surface area (Å²) in [7, 11) is 2.90. The number of likely N-dealkylation sites (N-methyl/N-ethyl adjacent to an activating group) is 1. The molecule has 2 saturated carbocycles. The number of aromatic hydroxyl groups is 1. The first-order valence-electron chi connectivity index (χ1n) is 12.3. The van der Waals surface area contributed by atoms with Gasteiger partial charge >= 0.3 is 0 Å². The van der Waals surface area contributed by atoms with Crippen LogP contribution < -0.4 is 5.73 Å². The lowest BCUT2D eigenvalue weighted by Gasteiger charge is -2.56. The number of nitrogens with zero attached hydrogens (tertiary/aromatic N) is 1. The van der Waals surface area contributed by atoms with E-state index in [-0.39, 0.29) is 11.3 Å². The highest BCUT2D eigenvalue weighted by molar-refractivity contribution is 6.32. The van der Waals surface area contributed by atoms with Gasteiger partial charge < -0.3 is 21.1 Å². The maximum Gasteiger partial charge on any atom is 0.235 e. The van der Waals surface area contributed by atoms with E-state index in [0.717, 1.165) is 0 Å². The van der Waals surface area contributed by atoms with Crippen molar-refractivity contribution in [3.8, 4) is 16.9 Å². The Labute approximate surface area is 218 Å². The van der Waals surface area contributed by atoms with Crippen LogP contribution in [0.15, 0.2) is 42.5 Å². The molecule has 38 heavy (non-hydrogen) atoms. The van der Waals surface area contributed by atoms with Crippen molar-refractivity contribution in [2.45, 2.75) is 30.6 Å². The summed E-state index contributed by atoms with van der Waals surface area (Å²) in [6.45, 7) is 1.68. The molecule has 198 valence electrons. The molecule has 2 aromatic rings. The minimum absolute atomic E-state index is 0.127. The van der Waals surface area contributed by atoms with Gasteiger partial charge in [0.2, 0.25) is 5.91 Å². The lowest BCUT2D eigenvalue weighted by molar-refractivity contribution is -0.196. The zero-order valence-electron chi connectivity index (χ0n) is 21.0. The molecule has 8 atom stereocenters. The van der Waals surface area contributed by atoms with E-state index in [4.69, 9.17) is 5.73 Å². The molecule has 0 spiro atoms. The Kier molecular flexibility index (Phi) is 5.90. The van der Waals surface area contributed by atoms with Crippen LogP contribution in [0, 0.1) is 23.7 Å². The Morgan fingerprint density at radius 1 is 1.00 bits per heavy atom. The molecule has 3 aliphatic carbocycles. The van der Waals surface area contributed by atoms with Gasteiger partial charge in [-0.05, 0) is 31.1 Å². The molecule has 8 unspecified atom stereocenters. The van der Waals surface area contributed by atoms with Crippen molar-refractivity contribution in [1.82, 2.24) is 4.90 Å². The molecule has 1 amide bonds. The van der Waals surface area contributed by atoms with Gasteiger partial charge in [-0.3, -0.25) is 28.9 Å². The normalized spacial score (nSPS) is 34.5. The van der Waals surface area contributed by atoms with Crippen LogP contribution in [-0.4, -0.2) is 81.1 Å². The number of amides is 1. The highest BCUT2D eigenvalue weighted by Crippen LogP contribution is 2.55. The third kappa shape index (κ3) is 3.20. The maximum absolute atomic E-state index is 14.0. The van der Waals surface area contributed by atoms with E-state index in [2.05, 4.69) is 0 Å². The lowest BCUT2D eigenvalue weighted by Crippen LogP contribution is -2.77. The van der Waals surface area contributed by atoms with Crippen LogP contribution >= 0.6 is 0 Å². The number of fused-ring (bicyclic) bond motifs is 3. The molecule has 10 heteroatoms. The number of benzene rings is 2. The van der Waals surface area contributed by atoms with E-state index in [9.17, 15) is 39.3 Å². The minimum Gasteiger partial charge on any atom is -0.507 e. The van der Waals surface area contributed by atoms with Gasteiger partial charge in [-0.2, -0.15) is 0 Å². The van der Waals surface area contributed by atoms with Gasteiger partial charge in [0.05, 0.1) is 29.5 Å². The first-order valence-corrected chi connectivity index (χ1v) is 12.3. The number of hydrogen-bond acceptors (Lipinski definition) is 9. The van der Waals surface area contributed by atoms with Crippen molar-refractivity contribution in [1.29, 1.82) is 0 Å². The number of carbonyl (C=O) groups is 5. The minimum atomic E-state index is -3.01. The molecule has 0 aliphatic heterocycles. The SMILES string of the molecule is CC1c2ccc(-c3ccccc3)c(O)c2C(=O)C2C(=O)C3(O)C(=O)C(C(N)=O)C(=O)C(N(C)C)C3C(O)C21. The molecule has 2 fully saturated rings. The van der Waals surface area contributed by atoms with Gasteiger partial charge in [0.25, 0.3) is 0 Å². The molecule has 3 aliphatic rings. The maximum atomic E-state index is 14.0. The van der Waals surface area contributed by atoms with Crippen molar-refractivity contribution in [2.75, 3.05) is 14.1 Å². The third-order valence-electron chi connectivity index (χ3n) is 8.57. The van der Waals surface area contributed by atoms with Crippen molar-refractivity contribution in [3.63, 3.8) is 0 Å². The number of rotatable bonds is 3. The highest BCUT2D eigenvalue weighted by Gasteiger charge is 2.72. The second kappa shape index (κ2) is 8.65. The quantitative estimate of drug-likeness (QED) is 0.408. The molecule has 2 aromatic carbocycles. The average Bonchev–Trinajstić information content (AvgIpc) is 2.86. The molecule has 0 aromatic heterocycles. The lowest BCUT2D eigenvalue weighted by atomic mass is 9.49. The number of aliphatic hydroxyl groups is 2. The Balaban J connectivity index is 1.71. The van der Waals surface area contributed by atoms with E-state index in [0.29, 0.717) is 16.7 Å². The Hall–Kier alpha value is -3.73. The first kappa shape index (κ1) is 25.9. The van der Waals surface area contributed by atoms with Gasteiger partial charge in [0.15, 0.2) is 34.7 Å². The van der Waals surface area contributed by atoms with Crippen LogP contribution in [-0.2, 0) is 19.2 Å². The summed E-state index contributed by atoms with van der Waals surface area (Å²) in [5, 5.41) is 34.5. The van der Waals surface area contributed by atoms with Crippen LogP contribution in [0.3, 0.4) is 0 Å². The van der Waals surface area contributed by atoms with E-state index in [1.165, 1.54) is 19.0 Å². The third-order valence-corrected chi connectivity index (χ3v) is 8.57. The van der Waals surface area contributed by atoms with Crippen molar-refractivity contribution in [3.05, 3.63) is 53.6 Å². The molecular weight excluding hydrogens is 492 g/mol. The fourth-order valence-corrected chi connectivity index (χ4v) is 6.84. The monoisotopic (exact) mass is 520 g/mol. The van der Waals surface area contributed by atoms with Crippen LogP contribution in [0.1, 0.15) is 28.8 Å².